The molecule has 1 saturated heterocycles. The second-order valence-corrected chi connectivity index (χ2v) is 1.83. The third kappa shape index (κ3) is 1.57. The summed E-state index contributed by atoms with van der Waals surface area (Å²) in [6.07, 6.45) is 0.464. The van der Waals surface area contributed by atoms with Crippen LogP contribution in [0.5, 0.6) is 0 Å². The van der Waals surface area contributed by atoms with Gasteiger partial charge in [0.2, 0.25) is 0 Å². The third-order valence-electron chi connectivity index (χ3n) is 1.19. The Kier molecular flexibility index (Phi) is 1.89. The van der Waals surface area contributed by atoms with E-state index in [9.17, 15) is 4.79 Å². The minimum absolute atomic E-state index is 0.630. The van der Waals surface area contributed by atoms with Gasteiger partial charge in [0, 0.05) is 13.1 Å². The SMILES string of the molecule is COC(=O)ON1CCC1. The summed E-state index contributed by atoms with van der Waals surface area (Å²) in [4.78, 5) is 14.9. The zero-order valence-electron chi connectivity index (χ0n) is 5.29. The van der Waals surface area contributed by atoms with Gasteiger partial charge >= 0.3 is 6.16 Å². The van der Waals surface area contributed by atoms with Crippen molar-refractivity contribution in [3.05, 3.63) is 0 Å². The number of carbonyl (C=O) groups is 1. The third-order valence-corrected chi connectivity index (χ3v) is 1.19. The van der Waals surface area contributed by atoms with Crippen LogP contribution in [0, 0.1) is 0 Å². The number of carbonyl (C=O) groups excluding carboxylic acids is 1. The molecule has 52 valence electrons. The van der Waals surface area contributed by atoms with Gasteiger partial charge in [0.05, 0.1) is 7.11 Å². The zero-order valence-corrected chi connectivity index (χ0v) is 5.29. The Morgan fingerprint density at radius 3 is 2.56 bits per heavy atom. The molecule has 0 radical (unpaired) electrons. The van der Waals surface area contributed by atoms with Crippen molar-refractivity contribution < 1.29 is 14.4 Å². The molecule has 0 saturated carbocycles. The van der Waals surface area contributed by atoms with Crippen molar-refractivity contribution >= 4 is 6.16 Å². The average Bonchev–Trinajstić information content (AvgIpc) is 1.78. The summed E-state index contributed by atoms with van der Waals surface area (Å²) in [5.74, 6) is 0. The molecule has 0 bridgehead atoms. The molecule has 0 aromatic carbocycles. The Labute approximate surface area is 53.3 Å². The summed E-state index contributed by atoms with van der Waals surface area (Å²) in [5.41, 5.74) is 0. The summed E-state index contributed by atoms with van der Waals surface area (Å²) in [6, 6.07) is 0. The van der Waals surface area contributed by atoms with E-state index in [0.717, 1.165) is 19.5 Å². The molecule has 0 aromatic rings. The van der Waals surface area contributed by atoms with Crippen molar-refractivity contribution in [1.29, 1.82) is 0 Å². The molecule has 9 heavy (non-hydrogen) atoms. The molecule has 0 unspecified atom stereocenters. The van der Waals surface area contributed by atoms with Crippen LogP contribution in [-0.4, -0.2) is 31.4 Å². The summed E-state index contributed by atoms with van der Waals surface area (Å²) < 4.78 is 4.25. The standard InChI is InChI=1S/C5H9NO3/c1-8-5(7)9-6-3-2-4-6/h2-4H2,1H3. The van der Waals surface area contributed by atoms with Crippen LogP contribution < -0.4 is 0 Å². The van der Waals surface area contributed by atoms with Crippen molar-refractivity contribution in [1.82, 2.24) is 5.06 Å². The summed E-state index contributed by atoms with van der Waals surface area (Å²) in [5, 5.41) is 1.56. The molecule has 0 atom stereocenters. The normalized spacial score (nSPS) is 18.3. The summed E-state index contributed by atoms with van der Waals surface area (Å²) >= 11 is 0. The molecular formula is C5H9NO3. The smallest absolute Gasteiger partial charge is 0.436 e. The van der Waals surface area contributed by atoms with Crippen LogP contribution in [0.2, 0.25) is 0 Å². The monoisotopic (exact) mass is 131 g/mol. The molecular weight excluding hydrogens is 122 g/mol. The van der Waals surface area contributed by atoms with Gasteiger partial charge in [0.1, 0.15) is 0 Å². The molecule has 0 spiro atoms. The Morgan fingerprint density at radius 1 is 1.56 bits per heavy atom. The highest BCUT2D eigenvalue weighted by Crippen LogP contribution is 2.05. The first kappa shape index (κ1) is 6.35. The Balaban J connectivity index is 2.09. The fourth-order valence-electron chi connectivity index (χ4n) is 0.521. The van der Waals surface area contributed by atoms with Gasteiger partial charge in [0.15, 0.2) is 0 Å². The number of hydrogen-bond donors (Lipinski definition) is 0. The van der Waals surface area contributed by atoms with Gasteiger partial charge in [-0.1, -0.05) is 0 Å². The van der Waals surface area contributed by atoms with E-state index in [1.165, 1.54) is 7.11 Å². The van der Waals surface area contributed by atoms with E-state index in [1.54, 1.807) is 5.06 Å². The first-order valence-electron chi connectivity index (χ1n) is 2.84. The van der Waals surface area contributed by atoms with Crippen molar-refractivity contribution in [2.75, 3.05) is 20.2 Å². The minimum atomic E-state index is -0.630. The van der Waals surface area contributed by atoms with Gasteiger partial charge in [-0.05, 0) is 6.42 Å². The largest absolute Gasteiger partial charge is 0.527 e. The van der Waals surface area contributed by atoms with E-state index in [1.807, 2.05) is 0 Å². The van der Waals surface area contributed by atoms with Crippen molar-refractivity contribution in [3.63, 3.8) is 0 Å². The molecule has 0 aromatic heterocycles. The van der Waals surface area contributed by atoms with Gasteiger partial charge < -0.3 is 9.57 Å². The fraction of sp³-hybridized carbons (Fsp3) is 0.800. The van der Waals surface area contributed by atoms with E-state index in [-0.39, 0.29) is 0 Å². The maximum atomic E-state index is 10.3. The van der Waals surface area contributed by atoms with Gasteiger partial charge in [-0.2, -0.15) is 0 Å². The molecule has 4 nitrogen and oxygen atoms in total. The van der Waals surface area contributed by atoms with Crippen LogP contribution in [0.1, 0.15) is 6.42 Å². The molecule has 1 aliphatic rings. The number of nitrogens with zero attached hydrogens (tertiary/aromatic N) is 1. The van der Waals surface area contributed by atoms with Gasteiger partial charge in [-0.3, -0.25) is 0 Å². The molecule has 4 heteroatoms. The van der Waals surface area contributed by atoms with Crippen LogP contribution >= 0.6 is 0 Å². The highest BCUT2D eigenvalue weighted by Gasteiger charge is 2.18. The Morgan fingerprint density at radius 2 is 2.22 bits per heavy atom. The van der Waals surface area contributed by atoms with Gasteiger partial charge in [0.25, 0.3) is 0 Å². The van der Waals surface area contributed by atoms with Crippen LogP contribution in [-0.2, 0) is 9.57 Å². The quantitative estimate of drug-likeness (QED) is 0.482. The molecule has 0 N–H and O–H groups in total. The van der Waals surface area contributed by atoms with Crippen LogP contribution in [0.3, 0.4) is 0 Å². The Hall–Kier alpha value is -0.770. The molecule has 0 amide bonds. The van der Waals surface area contributed by atoms with Crippen molar-refractivity contribution in [2.45, 2.75) is 6.42 Å². The average molecular weight is 131 g/mol. The van der Waals surface area contributed by atoms with Gasteiger partial charge in [-0.25, -0.2) is 4.79 Å². The Bertz CT molecular complexity index is 111. The highest BCUT2D eigenvalue weighted by molar-refractivity contribution is 5.59. The number of hydrogen-bond acceptors (Lipinski definition) is 4. The summed E-state index contributed by atoms with van der Waals surface area (Å²) in [7, 11) is 1.29. The molecule has 1 fully saturated rings. The lowest BCUT2D eigenvalue weighted by molar-refractivity contribution is -0.160. The van der Waals surface area contributed by atoms with Crippen LogP contribution in [0.25, 0.3) is 0 Å². The maximum Gasteiger partial charge on any atom is 0.527 e. The van der Waals surface area contributed by atoms with E-state index >= 15 is 0 Å². The van der Waals surface area contributed by atoms with Crippen LogP contribution in [0.4, 0.5) is 4.79 Å². The predicted molar refractivity (Wildman–Crippen MR) is 29.7 cm³/mol. The topological polar surface area (TPSA) is 38.8 Å². The zero-order chi connectivity index (χ0) is 6.69. The summed E-state index contributed by atoms with van der Waals surface area (Å²) in [6.45, 7) is 1.66. The van der Waals surface area contributed by atoms with Crippen molar-refractivity contribution in [3.8, 4) is 0 Å². The number of methoxy groups -OCH3 is 1. The van der Waals surface area contributed by atoms with Gasteiger partial charge in [-0.15, -0.1) is 5.06 Å². The highest BCUT2D eigenvalue weighted by atomic mass is 16.8. The lowest BCUT2D eigenvalue weighted by Gasteiger charge is -2.27. The minimum Gasteiger partial charge on any atom is -0.436 e. The predicted octanol–water partition coefficient (Wildman–Crippen LogP) is 0.390. The van der Waals surface area contributed by atoms with E-state index < -0.39 is 6.16 Å². The van der Waals surface area contributed by atoms with E-state index in [4.69, 9.17) is 0 Å². The fourth-order valence-corrected chi connectivity index (χ4v) is 0.521. The van der Waals surface area contributed by atoms with E-state index in [0.29, 0.717) is 0 Å². The maximum absolute atomic E-state index is 10.3. The molecule has 1 heterocycles. The second-order valence-electron chi connectivity index (χ2n) is 1.83. The first-order valence-corrected chi connectivity index (χ1v) is 2.84. The number of rotatable bonds is 1. The molecule has 0 aliphatic carbocycles. The number of ether oxygens (including phenoxy) is 1. The lowest BCUT2D eigenvalue weighted by Crippen LogP contribution is -2.38. The van der Waals surface area contributed by atoms with Crippen LogP contribution in [0.15, 0.2) is 0 Å². The first-order chi connectivity index (χ1) is 4.33. The molecule has 1 rings (SSSR count). The lowest BCUT2D eigenvalue weighted by atomic mass is 10.3. The number of hydroxylamine groups is 2. The van der Waals surface area contributed by atoms with E-state index in [2.05, 4.69) is 9.57 Å². The second kappa shape index (κ2) is 2.68. The van der Waals surface area contributed by atoms with Crippen molar-refractivity contribution in [2.24, 2.45) is 0 Å². The molecule has 1 aliphatic heterocycles.